The van der Waals surface area contributed by atoms with E-state index in [-0.39, 0.29) is 5.91 Å². The van der Waals surface area contributed by atoms with Gasteiger partial charge in [-0.3, -0.25) is 4.79 Å². The molecule has 0 spiro atoms. The molecule has 3 rings (SSSR count). The second-order valence-electron chi connectivity index (χ2n) is 6.81. The zero-order valence-electron chi connectivity index (χ0n) is 15.8. The molecule has 140 valence electrons. The van der Waals surface area contributed by atoms with Crippen LogP contribution in [0.2, 0.25) is 0 Å². The lowest BCUT2D eigenvalue weighted by molar-refractivity contribution is -0.134. The predicted molar refractivity (Wildman–Crippen MR) is 103 cm³/mol. The van der Waals surface area contributed by atoms with E-state index in [0.29, 0.717) is 17.8 Å². The van der Waals surface area contributed by atoms with E-state index in [2.05, 4.69) is 24.0 Å². The largest absolute Gasteiger partial charge is 0.497 e. The van der Waals surface area contributed by atoms with Crippen LogP contribution in [-0.4, -0.2) is 50.5 Å². The molecule has 0 aliphatic carbocycles. The van der Waals surface area contributed by atoms with E-state index < -0.39 is 0 Å². The van der Waals surface area contributed by atoms with Gasteiger partial charge in [-0.25, -0.2) is 0 Å². The summed E-state index contributed by atoms with van der Waals surface area (Å²) >= 11 is 1.45. The quantitative estimate of drug-likeness (QED) is 0.751. The third-order valence-corrected chi connectivity index (χ3v) is 5.99. The molecule has 1 aliphatic rings. The van der Waals surface area contributed by atoms with Crippen molar-refractivity contribution in [2.45, 2.75) is 50.4 Å². The summed E-state index contributed by atoms with van der Waals surface area (Å²) in [5.41, 5.74) is 0.970. The lowest BCUT2D eigenvalue weighted by atomic mass is 9.98. The zero-order valence-corrected chi connectivity index (χ0v) is 16.6. The molecule has 2 aromatic rings. The number of rotatable bonds is 5. The van der Waals surface area contributed by atoms with Gasteiger partial charge in [0.25, 0.3) is 0 Å². The molecule has 1 amide bonds. The molecular weight excluding hydrogens is 348 g/mol. The Morgan fingerprint density at radius 1 is 1.19 bits per heavy atom. The Labute approximate surface area is 158 Å². The highest BCUT2D eigenvalue weighted by atomic mass is 32.2. The van der Waals surface area contributed by atoms with Gasteiger partial charge in [0.2, 0.25) is 5.91 Å². The molecule has 6 nitrogen and oxygen atoms in total. The number of likely N-dealkylation sites (tertiary alicyclic amines) is 1. The first kappa shape index (κ1) is 18.8. The first-order valence-corrected chi connectivity index (χ1v) is 9.97. The first-order valence-electron chi connectivity index (χ1n) is 8.99. The maximum Gasteiger partial charge on any atom is 0.233 e. The Morgan fingerprint density at radius 3 is 2.46 bits per heavy atom. The van der Waals surface area contributed by atoms with Crippen molar-refractivity contribution in [2.24, 2.45) is 7.05 Å². The van der Waals surface area contributed by atoms with Gasteiger partial charge in [-0.05, 0) is 57.4 Å². The lowest BCUT2D eigenvalue weighted by Crippen LogP contribution is -2.48. The normalized spacial score (nSPS) is 20.2. The van der Waals surface area contributed by atoms with Gasteiger partial charge in [0, 0.05) is 24.7 Å². The fraction of sp³-hybridized carbons (Fsp3) is 0.526. The van der Waals surface area contributed by atoms with Crippen LogP contribution in [0.1, 0.15) is 33.1 Å². The van der Waals surface area contributed by atoms with Gasteiger partial charge < -0.3 is 14.2 Å². The van der Waals surface area contributed by atoms with E-state index >= 15 is 0 Å². The van der Waals surface area contributed by atoms with Crippen molar-refractivity contribution >= 4 is 17.7 Å². The molecule has 26 heavy (non-hydrogen) atoms. The number of benzene rings is 1. The fourth-order valence-electron chi connectivity index (χ4n) is 3.55. The molecule has 1 saturated heterocycles. The number of piperidine rings is 1. The maximum absolute atomic E-state index is 12.7. The SMILES string of the molecule is COc1ccc(-c2nnc(SCC(=O)N3[C@H](C)CCC[C@@H]3C)n2C)cc1. The van der Waals surface area contributed by atoms with Crippen molar-refractivity contribution in [2.75, 3.05) is 12.9 Å². The summed E-state index contributed by atoms with van der Waals surface area (Å²) < 4.78 is 7.12. The van der Waals surface area contributed by atoms with Crippen LogP contribution in [-0.2, 0) is 11.8 Å². The third kappa shape index (κ3) is 3.87. The number of carbonyl (C=O) groups is 1. The molecule has 1 aliphatic heterocycles. The minimum atomic E-state index is 0.184. The van der Waals surface area contributed by atoms with E-state index in [0.717, 1.165) is 35.1 Å². The minimum Gasteiger partial charge on any atom is -0.497 e. The highest BCUT2D eigenvalue weighted by Gasteiger charge is 2.29. The van der Waals surface area contributed by atoms with Gasteiger partial charge in [-0.2, -0.15) is 0 Å². The Hall–Kier alpha value is -2.02. The highest BCUT2D eigenvalue weighted by molar-refractivity contribution is 7.99. The van der Waals surface area contributed by atoms with E-state index in [1.165, 1.54) is 18.2 Å². The molecule has 0 N–H and O–H groups in total. The molecule has 1 fully saturated rings. The molecule has 1 aromatic carbocycles. The second kappa shape index (κ2) is 8.12. The van der Waals surface area contributed by atoms with Gasteiger partial charge >= 0.3 is 0 Å². The number of hydrogen-bond acceptors (Lipinski definition) is 5. The van der Waals surface area contributed by atoms with Gasteiger partial charge in [0.05, 0.1) is 12.9 Å². The van der Waals surface area contributed by atoms with Crippen LogP contribution in [0.5, 0.6) is 5.75 Å². The van der Waals surface area contributed by atoms with Gasteiger partial charge in [-0.1, -0.05) is 11.8 Å². The van der Waals surface area contributed by atoms with E-state index in [4.69, 9.17) is 4.74 Å². The maximum atomic E-state index is 12.7. The van der Waals surface area contributed by atoms with Crippen molar-refractivity contribution in [1.29, 1.82) is 0 Å². The van der Waals surface area contributed by atoms with Crippen LogP contribution in [0.3, 0.4) is 0 Å². The van der Waals surface area contributed by atoms with Crippen LogP contribution in [0.25, 0.3) is 11.4 Å². The summed E-state index contributed by atoms with van der Waals surface area (Å²) in [5, 5.41) is 9.30. The molecular formula is C19H26N4O2S. The second-order valence-corrected chi connectivity index (χ2v) is 7.75. The summed E-state index contributed by atoms with van der Waals surface area (Å²) in [6.07, 6.45) is 3.38. The van der Waals surface area contributed by atoms with E-state index in [9.17, 15) is 4.79 Å². The average molecular weight is 375 g/mol. The van der Waals surface area contributed by atoms with Gasteiger partial charge in [0.15, 0.2) is 11.0 Å². The summed E-state index contributed by atoms with van der Waals surface area (Å²) in [5.74, 6) is 2.16. The van der Waals surface area contributed by atoms with Crippen LogP contribution in [0.4, 0.5) is 0 Å². The standard InChI is InChI=1S/C19H26N4O2S/c1-13-6-5-7-14(2)23(13)17(24)12-26-19-21-20-18(22(19)3)15-8-10-16(25-4)11-9-15/h8-11,13-14H,5-7,12H2,1-4H3/t13-,14+. The number of thioether (sulfide) groups is 1. The molecule has 2 heterocycles. The van der Waals surface area contributed by atoms with Crippen LogP contribution >= 0.6 is 11.8 Å². The molecule has 0 saturated carbocycles. The Bertz CT molecular complexity index is 749. The van der Waals surface area contributed by atoms with Gasteiger partial charge in [-0.15, -0.1) is 10.2 Å². The lowest BCUT2D eigenvalue weighted by Gasteiger charge is -2.39. The van der Waals surface area contributed by atoms with Crippen molar-refractivity contribution in [3.8, 4) is 17.1 Å². The Kier molecular flexibility index (Phi) is 5.86. The molecule has 2 atom stereocenters. The molecule has 7 heteroatoms. The average Bonchev–Trinajstić information content (AvgIpc) is 3.00. The Morgan fingerprint density at radius 2 is 1.85 bits per heavy atom. The number of hydrogen-bond donors (Lipinski definition) is 0. The van der Waals surface area contributed by atoms with Crippen LogP contribution in [0, 0.1) is 0 Å². The number of ether oxygens (including phenoxy) is 1. The molecule has 0 unspecified atom stereocenters. The highest BCUT2D eigenvalue weighted by Crippen LogP contribution is 2.27. The molecule has 1 aromatic heterocycles. The smallest absolute Gasteiger partial charge is 0.233 e. The summed E-state index contributed by atoms with van der Waals surface area (Å²) in [6.45, 7) is 4.28. The van der Waals surface area contributed by atoms with E-state index in [1.54, 1.807) is 7.11 Å². The monoisotopic (exact) mass is 374 g/mol. The number of nitrogens with zero attached hydrogens (tertiary/aromatic N) is 4. The fourth-order valence-corrected chi connectivity index (χ4v) is 4.33. The number of methoxy groups -OCH3 is 1. The van der Waals surface area contributed by atoms with E-state index in [1.807, 2.05) is 40.8 Å². The van der Waals surface area contributed by atoms with Gasteiger partial charge in [0.1, 0.15) is 5.75 Å². The predicted octanol–water partition coefficient (Wildman–Crippen LogP) is 3.37. The van der Waals surface area contributed by atoms with Crippen molar-refractivity contribution in [3.05, 3.63) is 24.3 Å². The minimum absolute atomic E-state index is 0.184. The molecule has 0 bridgehead atoms. The van der Waals surface area contributed by atoms with Crippen molar-refractivity contribution in [1.82, 2.24) is 19.7 Å². The summed E-state index contributed by atoms with van der Waals surface area (Å²) in [4.78, 5) is 14.7. The van der Waals surface area contributed by atoms with Crippen LogP contribution < -0.4 is 4.74 Å². The van der Waals surface area contributed by atoms with Crippen molar-refractivity contribution in [3.63, 3.8) is 0 Å². The topological polar surface area (TPSA) is 60.3 Å². The Balaban J connectivity index is 1.67. The van der Waals surface area contributed by atoms with Crippen LogP contribution in [0.15, 0.2) is 29.4 Å². The first-order chi connectivity index (χ1) is 12.5. The number of carbonyl (C=O) groups excluding carboxylic acids is 1. The molecule has 0 radical (unpaired) electrons. The zero-order chi connectivity index (χ0) is 18.7. The van der Waals surface area contributed by atoms with Crippen molar-refractivity contribution < 1.29 is 9.53 Å². The summed E-state index contributed by atoms with van der Waals surface area (Å²) in [7, 11) is 3.58. The summed E-state index contributed by atoms with van der Waals surface area (Å²) in [6, 6.07) is 8.36. The number of amides is 1. The third-order valence-electron chi connectivity index (χ3n) is 4.99. The number of aromatic nitrogens is 3.